The molecule has 1 aromatic rings. The molecular weight excluding hydrogens is 214 g/mol. The molecule has 15 heavy (non-hydrogen) atoms. The van der Waals surface area contributed by atoms with E-state index in [2.05, 4.69) is 11.9 Å². The second-order valence-electron chi connectivity index (χ2n) is 2.86. The Kier molecular flexibility index (Phi) is 3.62. The molecule has 0 heterocycles. The van der Waals surface area contributed by atoms with E-state index < -0.39 is 9.84 Å². The second kappa shape index (κ2) is 4.75. The third-order valence-corrected chi connectivity index (χ3v) is 3.44. The predicted molar refractivity (Wildman–Crippen MR) is 58.4 cm³/mol. The van der Waals surface area contributed by atoms with E-state index in [1.165, 1.54) is 30.3 Å². The van der Waals surface area contributed by atoms with Crippen molar-refractivity contribution in [3.63, 3.8) is 0 Å². The summed E-state index contributed by atoms with van der Waals surface area (Å²) in [5.74, 6) is -0.0898. The Morgan fingerprint density at radius 2 is 1.87 bits per heavy atom. The topological polar surface area (TPSA) is 63.2 Å². The molecule has 0 atom stereocenters. The van der Waals surface area contributed by atoms with E-state index in [0.717, 1.165) is 0 Å². The maximum atomic E-state index is 11.5. The first-order valence-corrected chi connectivity index (χ1v) is 5.89. The highest BCUT2D eigenvalue weighted by atomic mass is 32.2. The molecule has 4 nitrogen and oxygen atoms in total. The van der Waals surface area contributed by atoms with Crippen LogP contribution in [-0.4, -0.2) is 20.6 Å². The van der Waals surface area contributed by atoms with Crippen molar-refractivity contribution < 1.29 is 13.2 Å². The van der Waals surface area contributed by atoms with E-state index in [1.807, 2.05) is 0 Å². The molecule has 0 aromatic heterocycles. The number of anilines is 1. The summed E-state index contributed by atoms with van der Waals surface area (Å²) >= 11 is 0. The zero-order valence-corrected chi connectivity index (χ0v) is 8.83. The summed E-state index contributed by atoms with van der Waals surface area (Å²) in [5, 5.41) is 2.42. The van der Waals surface area contributed by atoms with Crippen molar-refractivity contribution in [3.05, 3.63) is 36.9 Å². The molecule has 0 aliphatic carbocycles. The molecule has 1 rings (SSSR count). The van der Waals surface area contributed by atoms with Crippen LogP contribution in [0.4, 0.5) is 5.69 Å². The van der Waals surface area contributed by atoms with Gasteiger partial charge in [-0.3, -0.25) is 4.79 Å². The Bertz CT molecular complexity index is 448. The summed E-state index contributed by atoms with van der Waals surface area (Å²) < 4.78 is 23.1. The predicted octanol–water partition coefficient (Wildman–Crippen LogP) is 1.21. The summed E-state index contributed by atoms with van der Waals surface area (Å²) in [6, 6.07) is 5.96. The van der Waals surface area contributed by atoms with Crippen molar-refractivity contribution in [3.8, 4) is 0 Å². The normalized spacial score (nSPS) is 10.7. The van der Waals surface area contributed by atoms with Crippen molar-refractivity contribution >= 4 is 21.9 Å². The fourth-order valence-electron chi connectivity index (χ4n) is 1.08. The highest BCUT2D eigenvalue weighted by Crippen LogP contribution is 2.14. The fraction of sp³-hybridized carbons (Fsp3) is 0.100. The molecule has 5 heteroatoms. The van der Waals surface area contributed by atoms with Crippen LogP contribution in [-0.2, 0) is 14.6 Å². The van der Waals surface area contributed by atoms with E-state index in [9.17, 15) is 13.2 Å². The SMILES string of the molecule is C=CCS(=O)(=O)c1ccc(NC=O)cc1. The highest BCUT2D eigenvalue weighted by molar-refractivity contribution is 7.91. The number of hydrogen-bond donors (Lipinski definition) is 1. The first-order valence-electron chi connectivity index (χ1n) is 4.24. The monoisotopic (exact) mass is 225 g/mol. The van der Waals surface area contributed by atoms with E-state index in [4.69, 9.17) is 0 Å². The second-order valence-corrected chi connectivity index (χ2v) is 4.89. The third-order valence-electron chi connectivity index (χ3n) is 1.78. The van der Waals surface area contributed by atoms with Gasteiger partial charge in [0.1, 0.15) is 0 Å². The zero-order valence-electron chi connectivity index (χ0n) is 8.01. The largest absolute Gasteiger partial charge is 0.329 e. The molecule has 1 aromatic carbocycles. The Balaban J connectivity index is 2.98. The van der Waals surface area contributed by atoms with Crippen LogP contribution in [0.15, 0.2) is 41.8 Å². The molecule has 0 radical (unpaired) electrons. The van der Waals surface area contributed by atoms with Gasteiger partial charge in [-0.05, 0) is 24.3 Å². The van der Waals surface area contributed by atoms with Crippen LogP contribution in [0.5, 0.6) is 0 Å². The van der Waals surface area contributed by atoms with Gasteiger partial charge in [0.25, 0.3) is 0 Å². The quantitative estimate of drug-likeness (QED) is 0.605. The van der Waals surface area contributed by atoms with E-state index in [1.54, 1.807) is 0 Å². The molecule has 0 bridgehead atoms. The van der Waals surface area contributed by atoms with Gasteiger partial charge < -0.3 is 5.32 Å². The van der Waals surface area contributed by atoms with Gasteiger partial charge in [-0.25, -0.2) is 8.42 Å². The van der Waals surface area contributed by atoms with Crippen LogP contribution >= 0.6 is 0 Å². The standard InChI is InChI=1S/C10H11NO3S/c1-2-7-15(13,14)10-5-3-9(4-6-10)11-8-12/h2-6,8H,1,7H2,(H,11,12). The summed E-state index contributed by atoms with van der Waals surface area (Å²) in [5.41, 5.74) is 0.558. The van der Waals surface area contributed by atoms with Gasteiger partial charge in [0.2, 0.25) is 6.41 Å². The molecule has 0 aliphatic heterocycles. The lowest BCUT2D eigenvalue weighted by molar-refractivity contribution is -0.105. The molecule has 80 valence electrons. The van der Waals surface area contributed by atoms with Crippen LogP contribution in [0, 0.1) is 0 Å². The van der Waals surface area contributed by atoms with Gasteiger partial charge in [0, 0.05) is 5.69 Å². The number of benzene rings is 1. The van der Waals surface area contributed by atoms with Crippen LogP contribution in [0.3, 0.4) is 0 Å². The van der Waals surface area contributed by atoms with Crippen molar-refractivity contribution in [1.82, 2.24) is 0 Å². The molecule has 0 fully saturated rings. The molecule has 1 amide bonds. The molecule has 0 spiro atoms. The van der Waals surface area contributed by atoms with Crippen LogP contribution < -0.4 is 5.32 Å². The third kappa shape index (κ3) is 2.92. The fourth-order valence-corrected chi connectivity index (χ4v) is 2.13. The number of rotatable bonds is 5. The Morgan fingerprint density at radius 1 is 1.27 bits per heavy atom. The smallest absolute Gasteiger partial charge is 0.211 e. The molecule has 0 unspecified atom stereocenters. The number of nitrogens with one attached hydrogen (secondary N) is 1. The first-order chi connectivity index (χ1) is 7.10. The summed E-state index contributed by atoms with van der Waals surface area (Å²) in [7, 11) is -3.28. The highest BCUT2D eigenvalue weighted by Gasteiger charge is 2.11. The Morgan fingerprint density at radius 3 is 2.33 bits per heavy atom. The Hall–Kier alpha value is -1.62. The van der Waals surface area contributed by atoms with Gasteiger partial charge in [-0.1, -0.05) is 6.08 Å². The van der Waals surface area contributed by atoms with E-state index in [0.29, 0.717) is 12.1 Å². The van der Waals surface area contributed by atoms with Crippen LogP contribution in [0.2, 0.25) is 0 Å². The summed E-state index contributed by atoms with van der Waals surface area (Å²) in [6.45, 7) is 3.38. The van der Waals surface area contributed by atoms with Gasteiger partial charge in [-0.15, -0.1) is 6.58 Å². The molecular formula is C10H11NO3S. The van der Waals surface area contributed by atoms with Crippen molar-refractivity contribution in [2.75, 3.05) is 11.1 Å². The van der Waals surface area contributed by atoms with Crippen LogP contribution in [0.1, 0.15) is 0 Å². The van der Waals surface area contributed by atoms with Gasteiger partial charge >= 0.3 is 0 Å². The van der Waals surface area contributed by atoms with E-state index in [-0.39, 0.29) is 10.6 Å². The minimum atomic E-state index is -3.28. The maximum Gasteiger partial charge on any atom is 0.211 e. The number of sulfone groups is 1. The van der Waals surface area contributed by atoms with Gasteiger partial charge in [0.15, 0.2) is 9.84 Å². The molecule has 0 aliphatic rings. The maximum absolute atomic E-state index is 11.5. The number of amides is 1. The van der Waals surface area contributed by atoms with Crippen molar-refractivity contribution in [2.24, 2.45) is 0 Å². The average molecular weight is 225 g/mol. The lowest BCUT2D eigenvalue weighted by Crippen LogP contribution is -2.04. The lowest BCUT2D eigenvalue weighted by Gasteiger charge is -2.02. The molecule has 0 saturated heterocycles. The first kappa shape index (κ1) is 11.5. The minimum absolute atomic E-state index is 0.0898. The number of carbonyl (C=O) groups excluding carboxylic acids is 1. The van der Waals surface area contributed by atoms with Crippen molar-refractivity contribution in [2.45, 2.75) is 4.90 Å². The number of carbonyl (C=O) groups is 1. The molecule has 1 N–H and O–H groups in total. The summed E-state index contributed by atoms with van der Waals surface area (Å²) in [6.07, 6.45) is 1.88. The van der Waals surface area contributed by atoms with Gasteiger partial charge in [0.05, 0.1) is 10.6 Å². The lowest BCUT2D eigenvalue weighted by atomic mass is 10.3. The summed E-state index contributed by atoms with van der Waals surface area (Å²) in [4.78, 5) is 10.3. The Labute approximate surface area is 88.5 Å². The van der Waals surface area contributed by atoms with E-state index >= 15 is 0 Å². The van der Waals surface area contributed by atoms with Gasteiger partial charge in [-0.2, -0.15) is 0 Å². The zero-order chi connectivity index (χ0) is 11.3. The average Bonchev–Trinajstić information content (AvgIpc) is 2.19. The molecule has 0 saturated carbocycles. The van der Waals surface area contributed by atoms with Crippen molar-refractivity contribution in [1.29, 1.82) is 0 Å². The minimum Gasteiger partial charge on any atom is -0.329 e. The number of hydrogen-bond acceptors (Lipinski definition) is 3. The van der Waals surface area contributed by atoms with Crippen LogP contribution in [0.25, 0.3) is 0 Å².